The standard InChI is InChI=1S/C10H7F3N2OS/c1-5-4-17-9(14-5)6-2-3-7(10(11,12)13)15-8(6)16/h2-4H,1H3,(H,15,16). The van der Waals surface area contributed by atoms with Crippen LogP contribution in [0.3, 0.4) is 0 Å². The summed E-state index contributed by atoms with van der Waals surface area (Å²) < 4.78 is 37.0. The first-order chi connectivity index (χ1) is 7.88. The number of halogens is 3. The second-order valence-corrected chi connectivity index (χ2v) is 4.26. The molecule has 0 radical (unpaired) electrons. The van der Waals surface area contributed by atoms with E-state index in [-0.39, 0.29) is 5.56 Å². The van der Waals surface area contributed by atoms with Crippen LogP contribution in [0.1, 0.15) is 11.4 Å². The Hall–Kier alpha value is -1.63. The zero-order valence-corrected chi connectivity index (χ0v) is 9.45. The highest BCUT2D eigenvalue weighted by Crippen LogP contribution is 2.28. The molecular formula is C10H7F3N2OS. The van der Waals surface area contributed by atoms with Crippen molar-refractivity contribution in [1.82, 2.24) is 9.97 Å². The minimum Gasteiger partial charge on any atom is -0.318 e. The van der Waals surface area contributed by atoms with Crippen molar-refractivity contribution in [1.29, 1.82) is 0 Å². The summed E-state index contributed by atoms with van der Waals surface area (Å²) in [6, 6.07) is 1.98. The number of aromatic nitrogens is 2. The molecule has 0 aliphatic carbocycles. The lowest BCUT2D eigenvalue weighted by Gasteiger charge is -2.06. The number of nitrogens with zero attached hydrogens (tertiary/aromatic N) is 1. The van der Waals surface area contributed by atoms with E-state index in [9.17, 15) is 18.0 Å². The van der Waals surface area contributed by atoms with E-state index < -0.39 is 17.4 Å². The maximum atomic E-state index is 12.3. The number of alkyl halides is 3. The summed E-state index contributed by atoms with van der Waals surface area (Å²) in [7, 11) is 0. The number of nitrogens with one attached hydrogen (secondary N) is 1. The van der Waals surface area contributed by atoms with Gasteiger partial charge in [-0.25, -0.2) is 4.98 Å². The van der Waals surface area contributed by atoms with Gasteiger partial charge in [-0.15, -0.1) is 11.3 Å². The predicted molar refractivity (Wildman–Crippen MR) is 57.9 cm³/mol. The van der Waals surface area contributed by atoms with Crippen LogP contribution in [0.4, 0.5) is 13.2 Å². The molecule has 0 amide bonds. The number of aromatic amines is 1. The molecule has 0 fully saturated rings. The third kappa shape index (κ3) is 2.38. The van der Waals surface area contributed by atoms with Crippen LogP contribution in [-0.4, -0.2) is 9.97 Å². The van der Waals surface area contributed by atoms with Crippen molar-refractivity contribution in [2.75, 3.05) is 0 Å². The number of hydrogen-bond donors (Lipinski definition) is 1. The summed E-state index contributed by atoms with van der Waals surface area (Å²) in [5.74, 6) is 0. The van der Waals surface area contributed by atoms with Gasteiger partial charge in [-0.3, -0.25) is 4.79 Å². The molecule has 0 spiro atoms. The Kier molecular flexibility index (Phi) is 2.78. The minimum absolute atomic E-state index is 0.149. The van der Waals surface area contributed by atoms with Crippen LogP contribution >= 0.6 is 11.3 Å². The first kappa shape index (κ1) is 11.8. The van der Waals surface area contributed by atoms with E-state index >= 15 is 0 Å². The average Bonchev–Trinajstić information content (AvgIpc) is 2.63. The van der Waals surface area contributed by atoms with Crippen molar-refractivity contribution in [3.63, 3.8) is 0 Å². The van der Waals surface area contributed by atoms with E-state index in [1.165, 1.54) is 11.3 Å². The molecule has 0 aliphatic heterocycles. The third-order valence-corrected chi connectivity index (χ3v) is 3.06. The highest BCUT2D eigenvalue weighted by Gasteiger charge is 2.32. The van der Waals surface area contributed by atoms with E-state index in [1.807, 2.05) is 4.98 Å². The van der Waals surface area contributed by atoms with E-state index in [2.05, 4.69) is 4.98 Å². The first-order valence-electron chi connectivity index (χ1n) is 4.61. The molecule has 7 heteroatoms. The summed E-state index contributed by atoms with van der Waals surface area (Å²) in [6.45, 7) is 1.75. The van der Waals surface area contributed by atoms with Gasteiger partial charge in [-0.05, 0) is 19.1 Å². The third-order valence-electron chi connectivity index (χ3n) is 2.06. The minimum atomic E-state index is -4.55. The van der Waals surface area contributed by atoms with Crippen LogP contribution in [0.2, 0.25) is 0 Å². The van der Waals surface area contributed by atoms with E-state index in [0.29, 0.717) is 5.01 Å². The van der Waals surface area contributed by atoms with Gasteiger partial charge >= 0.3 is 6.18 Å². The van der Waals surface area contributed by atoms with Crippen LogP contribution < -0.4 is 5.56 Å². The molecule has 2 heterocycles. The lowest BCUT2D eigenvalue weighted by molar-refractivity contribution is -0.141. The highest BCUT2D eigenvalue weighted by atomic mass is 32.1. The van der Waals surface area contributed by atoms with Gasteiger partial charge in [0, 0.05) is 11.1 Å². The fraction of sp³-hybridized carbons (Fsp3) is 0.200. The van der Waals surface area contributed by atoms with Crippen LogP contribution in [0.15, 0.2) is 22.3 Å². The van der Waals surface area contributed by atoms with Gasteiger partial charge in [-0.2, -0.15) is 13.2 Å². The number of rotatable bonds is 1. The zero-order valence-electron chi connectivity index (χ0n) is 8.63. The Labute approximate surface area is 98.0 Å². The highest BCUT2D eigenvalue weighted by molar-refractivity contribution is 7.13. The normalized spacial score (nSPS) is 11.8. The van der Waals surface area contributed by atoms with Crippen molar-refractivity contribution in [3.8, 4) is 10.6 Å². The van der Waals surface area contributed by atoms with Gasteiger partial charge in [0.15, 0.2) is 0 Å². The van der Waals surface area contributed by atoms with Crippen molar-refractivity contribution >= 4 is 11.3 Å². The fourth-order valence-corrected chi connectivity index (χ4v) is 2.10. The second kappa shape index (κ2) is 3.99. The number of aryl methyl sites for hydroxylation is 1. The quantitative estimate of drug-likeness (QED) is 0.857. The van der Waals surface area contributed by atoms with E-state index in [1.54, 1.807) is 12.3 Å². The monoisotopic (exact) mass is 260 g/mol. The number of pyridine rings is 1. The van der Waals surface area contributed by atoms with E-state index in [0.717, 1.165) is 17.8 Å². The van der Waals surface area contributed by atoms with Crippen LogP contribution in [0, 0.1) is 6.92 Å². The van der Waals surface area contributed by atoms with Crippen LogP contribution in [-0.2, 0) is 6.18 Å². The van der Waals surface area contributed by atoms with Gasteiger partial charge in [-0.1, -0.05) is 0 Å². The average molecular weight is 260 g/mol. The molecule has 0 saturated carbocycles. The van der Waals surface area contributed by atoms with Crippen molar-refractivity contribution in [2.24, 2.45) is 0 Å². The molecule has 0 unspecified atom stereocenters. The van der Waals surface area contributed by atoms with E-state index in [4.69, 9.17) is 0 Å². The Morgan fingerprint density at radius 1 is 1.35 bits per heavy atom. The Morgan fingerprint density at radius 2 is 2.06 bits per heavy atom. The molecule has 0 saturated heterocycles. The maximum absolute atomic E-state index is 12.3. The Bertz CT molecular complexity index is 600. The molecule has 0 atom stereocenters. The molecule has 2 rings (SSSR count). The van der Waals surface area contributed by atoms with Gasteiger partial charge < -0.3 is 4.98 Å². The summed E-state index contributed by atoms with van der Waals surface area (Å²) >= 11 is 1.22. The molecule has 2 aromatic heterocycles. The topological polar surface area (TPSA) is 45.8 Å². The molecule has 17 heavy (non-hydrogen) atoms. The lowest BCUT2D eigenvalue weighted by Crippen LogP contribution is -2.17. The SMILES string of the molecule is Cc1csc(-c2ccc(C(F)(F)F)[nH]c2=O)n1. The van der Waals surface area contributed by atoms with Gasteiger partial charge in [0.2, 0.25) is 0 Å². The summed E-state index contributed by atoms with van der Waals surface area (Å²) in [5, 5.41) is 2.14. The number of thiazole rings is 1. The largest absolute Gasteiger partial charge is 0.431 e. The second-order valence-electron chi connectivity index (χ2n) is 3.41. The molecule has 3 nitrogen and oxygen atoms in total. The molecule has 90 valence electrons. The van der Waals surface area contributed by atoms with Crippen LogP contribution in [0.5, 0.6) is 0 Å². The van der Waals surface area contributed by atoms with Crippen LogP contribution in [0.25, 0.3) is 10.6 Å². The van der Waals surface area contributed by atoms with Crippen molar-refractivity contribution < 1.29 is 13.2 Å². The molecule has 0 bridgehead atoms. The summed E-state index contributed by atoms with van der Waals surface area (Å²) in [4.78, 5) is 17.4. The van der Waals surface area contributed by atoms with Crippen molar-refractivity contribution in [2.45, 2.75) is 13.1 Å². The van der Waals surface area contributed by atoms with Gasteiger partial charge in [0.1, 0.15) is 10.7 Å². The smallest absolute Gasteiger partial charge is 0.318 e. The lowest BCUT2D eigenvalue weighted by atomic mass is 10.2. The van der Waals surface area contributed by atoms with Gasteiger partial charge in [0.25, 0.3) is 5.56 Å². The predicted octanol–water partition coefficient (Wildman–Crippen LogP) is 2.83. The first-order valence-corrected chi connectivity index (χ1v) is 5.49. The molecule has 0 aromatic carbocycles. The Balaban J connectivity index is 2.50. The number of hydrogen-bond acceptors (Lipinski definition) is 3. The van der Waals surface area contributed by atoms with Crippen molar-refractivity contribution in [3.05, 3.63) is 39.3 Å². The van der Waals surface area contributed by atoms with Gasteiger partial charge in [0.05, 0.1) is 5.56 Å². The fourth-order valence-electron chi connectivity index (χ4n) is 1.29. The molecule has 2 aromatic rings. The Morgan fingerprint density at radius 3 is 2.53 bits per heavy atom. The molecule has 1 N–H and O–H groups in total. The molecule has 0 aliphatic rings. The maximum Gasteiger partial charge on any atom is 0.431 e. The molecular weight excluding hydrogens is 253 g/mol. The summed E-state index contributed by atoms with van der Waals surface area (Å²) in [6.07, 6.45) is -4.55. The zero-order chi connectivity index (χ0) is 12.6. The number of H-pyrrole nitrogens is 1. The summed E-state index contributed by atoms with van der Waals surface area (Å²) in [5.41, 5.74) is -0.964.